The molecule has 92 valence electrons. The summed E-state index contributed by atoms with van der Waals surface area (Å²) in [6.45, 7) is 2.18. The molecule has 1 rings (SSSR count). The lowest BCUT2D eigenvalue weighted by Gasteiger charge is -2.14. The molecule has 1 aromatic rings. The summed E-state index contributed by atoms with van der Waals surface area (Å²) in [5.41, 5.74) is 2.39. The van der Waals surface area contributed by atoms with Gasteiger partial charge in [0.1, 0.15) is 17.7 Å². The minimum Gasteiger partial charge on any atom is -0.349 e. The smallest absolute Gasteiger partial charge is 0.145 e. The number of unbranched alkanes of at least 4 members (excludes halogenated alkanes) is 1. The third kappa shape index (κ3) is 3.96. The van der Waals surface area contributed by atoms with E-state index >= 15 is 0 Å². The molecule has 0 unspecified atom stereocenters. The van der Waals surface area contributed by atoms with Gasteiger partial charge in [-0.25, -0.2) is 0 Å². The van der Waals surface area contributed by atoms with Gasteiger partial charge in [0.05, 0.1) is 0 Å². The van der Waals surface area contributed by atoms with Gasteiger partial charge in [-0.05, 0) is 30.5 Å². The van der Waals surface area contributed by atoms with Gasteiger partial charge in [0.2, 0.25) is 0 Å². The highest BCUT2D eigenvalue weighted by molar-refractivity contribution is 5.52. The average Bonchev–Trinajstić information content (AvgIpc) is 2.42. The van der Waals surface area contributed by atoms with Crippen molar-refractivity contribution in [2.75, 3.05) is 11.9 Å². The molecule has 0 aliphatic rings. The minimum atomic E-state index is 0.104. The molecule has 0 atom stereocenters. The van der Waals surface area contributed by atoms with Crippen LogP contribution in [0.25, 0.3) is 0 Å². The summed E-state index contributed by atoms with van der Waals surface area (Å²) in [7, 11) is 1.83. The topological polar surface area (TPSA) is 50.8 Å². The Labute approximate surface area is 109 Å². The second-order valence-corrected chi connectivity index (χ2v) is 4.15. The molecule has 18 heavy (non-hydrogen) atoms. The number of aryl methyl sites for hydroxylation is 1. The maximum atomic E-state index is 8.70. The molecule has 3 nitrogen and oxygen atoms in total. The highest BCUT2D eigenvalue weighted by Crippen LogP contribution is 2.16. The number of hydrogen-bond donors (Lipinski definition) is 0. The van der Waals surface area contributed by atoms with E-state index < -0.39 is 0 Å². The van der Waals surface area contributed by atoms with Crippen LogP contribution in [0.5, 0.6) is 0 Å². The molecule has 0 fully saturated rings. The van der Waals surface area contributed by atoms with Gasteiger partial charge in [-0.15, -0.1) is 0 Å². The fourth-order valence-corrected chi connectivity index (χ4v) is 1.63. The fourth-order valence-electron chi connectivity index (χ4n) is 1.63. The first-order valence-corrected chi connectivity index (χ1v) is 6.05. The van der Waals surface area contributed by atoms with Crippen LogP contribution in [0.3, 0.4) is 0 Å². The standard InChI is InChI=1S/C15H17N3/c1-3-4-5-13-6-8-15(9-7-13)18(2)12-14(10-16)11-17/h6-9,12H,3-5H2,1-2H3. The van der Waals surface area contributed by atoms with Crippen LogP contribution in [-0.4, -0.2) is 7.05 Å². The number of nitrogens with zero attached hydrogens (tertiary/aromatic N) is 3. The zero-order chi connectivity index (χ0) is 13.4. The summed E-state index contributed by atoms with van der Waals surface area (Å²) in [6, 6.07) is 11.9. The van der Waals surface area contributed by atoms with E-state index in [1.807, 2.05) is 31.3 Å². The molecule has 0 N–H and O–H groups in total. The number of nitriles is 2. The number of anilines is 1. The molecule has 0 saturated heterocycles. The van der Waals surface area contributed by atoms with Gasteiger partial charge in [-0.3, -0.25) is 0 Å². The second-order valence-electron chi connectivity index (χ2n) is 4.15. The highest BCUT2D eigenvalue weighted by Gasteiger charge is 2.00. The molecular formula is C15H17N3. The van der Waals surface area contributed by atoms with Crippen molar-refractivity contribution in [3.63, 3.8) is 0 Å². The quantitative estimate of drug-likeness (QED) is 0.740. The molecule has 1 aromatic carbocycles. The van der Waals surface area contributed by atoms with Gasteiger partial charge < -0.3 is 4.90 Å². The molecule has 0 amide bonds. The zero-order valence-electron chi connectivity index (χ0n) is 10.8. The Balaban J connectivity index is 2.77. The summed E-state index contributed by atoms with van der Waals surface area (Å²) >= 11 is 0. The van der Waals surface area contributed by atoms with Crippen LogP contribution in [0.1, 0.15) is 25.3 Å². The molecule has 0 spiro atoms. The molecule has 0 bridgehead atoms. The average molecular weight is 239 g/mol. The number of rotatable bonds is 5. The van der Waals surface area contributed by atoms with E-state index in [9.17, 15) is 0 Å². The largest absolute Gasteiger partial charge is 0.349 e. The third-order valence-electron chi connectivity index (χ3n) is 2.73. The van der Waals surface area contributed by atoms with Crippen molar-refractivity contribution in [3.05, 3.63) is 41.6 Å². The summed E-state index contributed by atoms with van der Waals surface area (Å²) < 4.78 is 0. The van der Waals surface area contributed by atoms with Gasteiger partial charge in [-0.1, -0.05) is 25.5 Å². The first-order chi connectivity index (χ1) is 8.71. The van der Waals surface area contributed by atoms with Crippen molar-refractivity contribution in [1.82, 2.24) is 0 Å². The number of allylic oxidation sites excluding steroid dienone is 1. The van der Waals surface area contributed by atoms with Gasteiger partial charge in [0, 0.05) is 18.9 Å². The summed E-state index contributed by atoms with van der Waals surface area (Å²) in [5.74, 6) is 0. The lowest BCUT2D eigenvalue weighted by molar-refractivity contribution is 0.795. The highest BCUT2D eigenvalue weighted by atomic mass is 15.1. The molecular weight excluding hydrogens is 222 g/mol. The van der Waals surface area contributed by atoms with Crippen molar-refractivity contribution in [2.45, 2.75) is 26.2 Å². The SMILES string of the molecule is CCCCc1ccc(N(C)C=C(C#N)C#N)cc1. The van der Waals surface area contributed by atoms with Crippen molar-refractivity contribution in [1.29, 1.82) is 10.5 Å². The molecule has 0 saturated carbocycles. The predicted molar refractivity (Wildman–Crippen MR) is 72.8 cm³/mol. The van der Waals surface area contributed by atoms with Crippen molar-refractivity contribution >= 4 is 5.69 Å². The molecule has 0 radical (unpaired) electrons. The fraction of sp³-hybridized carbons (Fsp3) is 0.333. The Morgan fingerprint density at radius 1 is 1.22 bits per heavy atom. The summed E-state index contributed by atoms with van der Waals surface area (Å²) in [4.78, 5) is 1.78. The van der Waals surface area contributed by atoms with Crippen LogP contribution >= 0.6 is 0 Å². The van der Waals surface area contributed by atoms with E-state index in [1.165, 1.54) is 18.4 Å². The molecule has 3 heteroatoms. The van der Waals surface area contributed by atoms with E-state index in [0.29, 0.717) is 0 Å². The first-order valence-electron chi connectivity index (χ1n) is 6.05. The molecule has 0 aromatic heterocycles. The minimum absolute atomic E-state index is 0.104. The summed E-state index contributed by atoms with van der Waals surface area (Å²) in [6.07, 6.45) is 5.03. The van der Waals surface area contributed by atoms with Gasteiger partial charge in [0.15, 0.2) is 0 Å². The molecule has 0 heterocycles. The maximum absolute atomic E-state index is 8.70. The Bertz CT molecular complexity index is 470. The number of hydrogen-bond acceptors (Lipinski definition) is 3. The van der Waals surface area contributed by atoms with Crippen LogP contribution in [0.2, 0.25) is 0 Å². The van der Waals surface area contributed by atoms with Crippen molar-refractivity contribution < 1.29 is 0 Å². The van der Waals surface area contributed by atoms with Gasteiger partial charge >= 0.3 is 0 Å². The van der Waals surface area contributed by atoms with Crippen molar-refractivity contribution in [3.8, 4) is 12.1 Å². The molecule has 0 aliphatic carbocycles. The summed E-state index contributed by atoms with van der Waals surface area (Å²) in [5, 5.41) is 17.4. The predicted octanol–water partition coefficient (Wildman–Crippen LogP) is 3.40. The van der Waals surface area contributed by atoms with Crippen LogP contribution in [0, 0.1) is 22.7 Å². The second kappa shape index (κ2) is 7.14. The first kappa shape index (κ1) is 13.8. The van der Waals surface area contributed by atoms with E-state index in [1.54, 1.807) is 11.1 Å². The Kier molecular flexibility index (Phi) is 5.48. The van der Waals surface area contributed by atoms with Gasteiger partial charge in [-0.2, -0.15) is 10.5 Å². The maximum Gasteiger partial charge on any atom is 0.145 e. The van der Waals surface area contributed by atoms with E-state index in [-0.39, 0.29) is 5.57 Å². The van der Waals surface area contributed by atoms with Crippen LogP contribution in [-0.2, 0) is 6.42 Å². The Hall–Kier alpha value is -2.26. The Morgan fingerprint density at radius 2 is 1.83 bits per heavy atom. The van der Waals surface area contributed by atoms with E-state index in [2.05, 4.69) is 19.1 Å². The monoisotopic (exact) mass is 239 g/mol. The van der Waals surface area contributed by atoms with Crippen LogP contribution in [0.15, 0.2) is 36.0 Å². The molecule has 0 aliphatic heterocycles. The zero-order valence-corrected chi connectivity index (χ0v) is 10.8. The number of benzene rings is 1. The van der Waals surface area contributed by atoms with Gasteiger partial charge in [0.25, 0.3) is 0 Å². The lowest BCUT2D eigenvalue weighted by atomic mass is 10.1. The normalized spacial score (nSPS) is 9.11. The lowest BCUT2D eigenvalue weighted by Crippen LogP contribution is -2.08. The Morgan fingerprint density at radius 3 is 2.33 bits per heavy atom. The van der Waals surface area contributed by atoms with E-state index in [0.717, 1.165) is 12.1 Å². The van der Waals surface area contributed by atoms with Crippen molar-refractivity contribution in [2.24, 2.45) is 0 Å². The van der Waals surface area contributed by atoms with Crippen LogP contribution in [0.4, 0.5) is 5.69 Å². The third-order valence-corrected chi connectivity index (χ3v) is 2.73. The van der Waals surface area contributed by atoms with E-state index in [4.69, 9.17) is 10.5 Å². The van der Waals surface area contributed by atoms with Crippen LogP contribution < -0.4 is 4.90 Å².